The van der Waals surface area contributed by atoms with Gasteiger partial charge in [-0.05, 0) is 54.1 Å². The van der Waals surface area contributed by atoms with E-state index in [1.165, 1.54) is 42.6 Å². The number of nitrogens with one attached hydrogen (secondary N) is 2. The fraction of sp³-hybridized carbons (Fsp3) is 0.0435. The number of carbonyl (C=O) groups is 3. The highest BCUT2D eigenvalue weighted by molar-refractivity contribution is 6.33. The molecule has 3 rings (SSSR count). The lowest BCUT2D eigenvalue weighted by atomic mass is 10.2. The Bertz CT molecular complexity index is 1170. The molecule has 9 heteroatoms. The summed E-state index contributed by atoms with van der Waals surface area (Å²) < 4.78 is 18.8. The van der Waals surface area contributed by atoms with Crippen molar-refractivity contribution in [1.29, 1.82) is 0 Å². The van der Waals surface area contributed by atoms with Gasteiger partial charge in [0.2, 0.25) is 0 Å². The third-order valence-electron chi connectivity index (χ3n) is 4.12. The summed E-state index contributed by atoms with van der Waals surface area (Å²) in [4.78, 5) is 35.9. The zero-order valence-electron chi connectivity index (χ0n) is 16.5. The fourth-order valence-corrected chi connectivity index (χ4v) is 2.75. The zero-order chi connectivity index (χ0) is 22.9. The highest BCUT2D eigenvalue weighted by Crippen LogP contribution is 2.16. The van der Waals surface area contributed by atoms with E-state index in [4.69, 9.17) is 16.3 Å². The van der Waals surface area contributed by atoms with Crippen LogP contribution in [0.25, 0.3) is 0 Å². The number of esters is 1. The van der Waals surface area contributed by atoms with Gasteiger partial charge in [-0.25, -0.2) is 14.6 Å². The first kappa shape index (κ1) is 22.6. The van der Waals surface area contributed by atoms with Crippen LogP contribution < -0.4 is 15.5 Å². The Morgan fingerprint density at radius 1 is 0.938 bits per heavy atom. The lowest BCUT2D eigenvalue weighted by Crippen LogP contribution is -2.35. The molecule has 32 heavy (non-hydrogen) atoms. The molecule has 0 aliphatic carbocycles. The van der Waals surface area contributed by atoms with Crippen LogP contribution in [0.4, 0.5) is 4.39 Å². The van der Waals surface area contributed by atoms with Crippen LogP contribution in [0, 0.1) is 5.82 Å². The van der Waals surface area contributed by atoms with Crippen LogP contribution in [-0.2, 0) is 4.79 Å². The van der Waals surface area contributed by atoms with Crippen LogP contribution in [0.5, 0.6) is 5.75 Å². The Morgan fingerprint density at radius 2 is 1.59 bits per heavy atom. The van der Waals surface area contributed by atoms with E-state index in [0.717, 1.165) is 0 Å². The molecular weight excluding hydrogens is 437 g/mol. The Labute approximate surface area is 187 Å². The van der Waals surface area contributed by atoms with Crippen molar-refractivity contribution in [2.45, 2.75) is 0 Å². The van der Waals surface area contributed by atoms with Crippen molar-refractivity contribution in [1.82, 2.24) is 10.7 Å². The molecule has 2 amide bonds. The predicted molar refractivity (Wildman–Crippen MR) is 117 cm³/mol. The van der Waals surface area contributed by atoms with E-state index >= 15 is 0 Å². The number of benzene rings is 3. The van der Waals surface area contributed by atoms with Gasteiger partial charge >= 0.3 is 5.97 Å². The van der Waals surface area contributed by atoms with Crippen molar-refractivity contribution >= 4 is 35.6 Å². The van der Waals surface area contributed by atoms with Crippen LogP contribution in [0.3, 0.4) is 0 Å². The molecule has 0 saturated carbocycles. The molecule has 2 N–H and O–H groups in total. The summed E-state index contributed by atoms with van der Waals surface area (Å²) in [6.07, 6.45) is 1.37. The normalized spacial score (nSPS) is 10.6. The van der Waals surface area contributed by atoms with Crippen LogP contribution in [-0.4, -0.2) is 30.5 Å². The van der Waals surface area contributed by atoms with Crippen LogP contribution in [0.15, 0.2) is 77.9 Å². The zero-order valence-corrected chi connectivity index (χ0v) is 17.3. The van der Waals surface area contributed by atoms with Crippen molar-refractivity contribution in [2.24, 2.45) is 5.10 Å². The minimum absolute atomic E-state index is 0.164. The Hall–Kier alpha value is -4.04. The summed E-state index contributed by atoms with van der Waals surface area (Å²) in [7, 11) is 0. The Kier molecular flexibility index (Phi) is 7.66. The van der Waals surface area contributed by atoms with E-state index in [0.29, 0.717) is 5.56 Å². The molecular formula is C23H17ClFN3O4. The lowest BCUT2D eigenvalue weighted by Gasteiger charge is -2.06. The molecule has 0 radical (unpaired) electrons. The second kappa shape index (κ2) is 10.8. The van der Waals surface area contributed by atoms with Crippen molar-refractivity contribution in [2.75, 3.05) is 6.54 Å². The number of amides is 2. The monoisotopic (exact) mass is 453 g/mol. The van der Waals surface area contributed by atoms with Gasteiger partial charge in [0.25, 0.3) is 11.8 Å². The lowest BCUT2D eigenvalue weighted by molar-refractivity contribution is -0.120. The molecule has 0 bridgehead atoms. The largest absolute Gasteiger partial charge is 0.423 e. The number of nitrogens with zero attached hydrogens (tertiary/aromatic N) is 1. The van der Waals surface area contributed by atoms with E-state index in [9.17, 15) is 18.8 Å². The molecule has 0 fully saturated rings. The number of carbonyl (C=O) groups excluding carboxylic acids is 3. The van der Waals surface area contributed by atoms with Gasteiger partial charge in [0.05, 0.1) is 28.9 Å². The maximum atomic E-state index is 13.6. The van der Waals surface area contributed by atoms with Gasteiger partial charge in [-0.2, -0.15) is 5.10 Å². The first-order valence-corrected chi connectivity index (χ1v) is 9.73. The summed E-state index contributed by atoms with van der Waals surface area (Å²) in [5, 5.41) is 6.53. The van der Waals surface area contributed by atoms with Gasteiger partial charge in [0.15, 0.2) is 0 Å². The van der Waals surface area contributed by atoms with E-state index < -0.39 is 23.6 Å². The van der Waals surface area contributed by atoms with Crippen LogP contribution in [0.1, 0.15) is 26.3 Å². The van der Waals surface area contributed by atoms with Gasteiger partial charge < -0.3 is 10.1 Å². The molecule has 0 aliphatic rings. The maximum Gasteiger partial charge on any atom is 0.346 e. The fourth-order valence-electron chi connectivity index (χ4n) is 2.53. The van der Waals surface area contributed by atoms with Gasteiger partial charge in [-0.15, -0.1) is 0 Å². The number of hydrazone groups is 1. The standard InChI is InChI=1S/C23H17ClFN3O4/c24-19-7-3-1-5-17(19)22(30)26-14-21(29)28-27-13-15-9-11-16(12-10-15)32-23(31)18-6-2-4-8-20(18)25/h1-13H,14H2,(H,26,30)(H,28,29)/b27-13-. The van der Waals surface area contributed by atoms with Crippen molar-refractivity contribution in [3.05, 3.63) is 100 Å². The predicted octanol–water partition coefficient (Wildman–Crippen LogP) is 3.58. The van der Waals surface area contributed by atoms with Crippen LogP contribution >= 0.6 is 11.6 Å². The average Bonchev–Trinajstić information content (AvgIpc) is 2.79. The molecule has 0 saturated heterocycles. The smallest absolute Gasteiger partial charge is 0.346 e. The van der Waals surface area contributed by atoms with Gasteiger partial charge in [0, 0.05) is 0 Å². The minimum Gasteiger partial charge on any atom is -0.423 e. The quantitative estimate of drug-likeness (QED) is 0.247. The van der Waals surface area contributed by atoms with Crippen molar-refractivity contribution in [3.63, 3.8) is 0 Å². The molecule has 3 aromatic rings. The molecule has 0 aliphatic heterocycles. The molecule has 0 unspecified atom stereocenters. The second-order valence-electron chi connectivity index (χ2n) is 6.39. The molecule has 0 heterocycles. The summed E-state index contributed by atoms with van der Waals surface area (Å²) in [6, 6.07) is 18.2. The number of hydrogen-bond acceptors (Lipinski definition) is 5. The highest BCUT2D eigenvalue weighted by Gasteiger charge is 2.13. The summed E-state index contributed by atoms with van der Waals surface area (Å²) in [5.41, 5.74) is 2.99. The summed E-state index contributed by atoms with van der Waals surface area (Å²) in [6.45, 7) is -0.285. The van der Waals surface area contributed by atoms with E-state index in [1.54, 1.807) is 36.4 Å². The minimum atomic E-state index is -0.810. The van der Waals surface area contributed by atoms with Crippen molar-refractivity contribution in [3.8, 4) is 5.75 Å². The molecule has 0 spiro atoms. The number of halogens is 2. The van der Waals surface area contributed by atoms with Gasteiger partial charge in [-0.1, -0.05) is 35.9 Å². The number of rotatable bonds is 7. The molecule has 0 aromatic heterocycles. The first-order valence-electron chi connectivity index (χ1n) is 9.35. The van der Waals surface area contributed by atoms with Crippen molar-refractivity contribution < 1.29 is 23.5 Å². The molecule has 0 atom stereocenters. The van der Waals surface area contributed by atoms with E-state index in [1.807, 2.05) is 0 Å². The van der Waals surface area contributed by atoms with E-state index in [2.05, 4.69) is 15.8 Å². The maximum absolute atomic E-state index is 13.6. The third-order valence-corrected chi connectivity index (χ3v) is 4.44. The number of hydrogen-bond donors (Lipinski definition) is 2. The topological polar surface area (TPSA) is 96.9 Å². The highest BCUT2D eigenvalue weighted by atomic mass is 35.5. The van der Waals surface area contributed by atoms with Crippen LogP contribution in [0.2, 0.25) is 5.02 Å². The average molecular weight is 454 g/mol. The van der Waals surface area contributed by atoms with Gasteiger partial charge in [0.1, 0.15) is 11.6 Å². The van der Waals surface area contributed by atoms with Gasteiger partial charge in [-0.3, -0.25) is 9.59 Å². The molecule has 7 nitrogen and oxygen atoms in total. The third kappa shape index (κ3) is 6.23. The second-order valence-corrected chi connectivity index (χ2v) is 6.80. The van der Waals surface area contributed by atoms with E-state index in [-0.39, 0.29) is 28.4 Å². The SMILES string of the molecule is O=C(CNC(=O)c1ccccc1Cl)N/N=C\c1ccc(OC(=O)c2ccccc2F)cc1. The summed E-state index contributed by atoms with van der Waals surface area (Å²) in [5.74, 6) is -2.26. The number of ether oxygens (including phenoxy) is 1. The molecule has 3 aromatic carbocycles. The summed E-state index contributed by atoms with van der Waals surface area (Å²) >= 11 is 5.93. The Balaban J connectivity index is 1.47. The Morgan fingerprint density at radius 3 is 2.28 bits per heavy atom. The first-order chi connectivity index (χ1) is 15.4. The molecule has 162 valence electrons.